The minimum atomic E-state index is 0.00593. The highest BCUT2D eigenvalue weighted by Crippen LogP contribution is 2.16. The second kappa shape index (κ2) is 9.69. The SMILES string of the molecule is O=C(NCc1ccccc1CN1CCCCC1)N1CCN(c2ncccn2)CC1. The van der Waals surface area contributed by atoms with E-state index in [1.807, 2.05) is 11.0 Å². The number of nitrogens with zero attached hydrogens (tertiary/aromatic N) is 5. The number of urea groups is 1. The number of likely N-dealkylation sites (tertiary alicyclic amines) is 1. The van der Waals surface area contributed by atoms with Crippen LogP contribution in [0.5, 0.6) is 0 Å². The third-order valence-corrected chi connectivity index (χ3v) is 5.79. The fourth-order valence-electron chi connectivity index (χ4n) is 4.09. The van der Waals surface area contributed by atoms with Gasteiger partial charge in [0, 0.05) is 51.7 Å². The smallest absolute Gasteiger partial charge is 0.317 e. The van der Waals surface area contributed by atoms with Crippen molar-refractivity contribution in [3.8, 4) is 0 Å². The molecule has 0 atom stereocenters. The molecule has 2 aromatic rings. The molecular formula is C22H30N6O. The van der Waals surface area contributed by atoms with Crippen LogP contribution in [0.2, 0.25) is 0 Å². The molecule has 0 unspecified atom stereocenters. The normalized spacial score (nSPS) is 17.9. The molecule has 1 aromatic heterocycles. The van der Waals surface area contributed by atoms with Crippen molar-refractivity contribution in [2.24, 2.45) is 0 Å². The van der Waals surface area contributed by atoms with E-state index in [4.69, 9.17) is 0 Å². The predicted octanol–water partition coefficient (Wildman–Crippen LogP) is 2.49. The topological polar surface area (TPSA) is 64.6 Å². The number of rotatable bonds is 5. The molecule has 29 heavy (non-hydrogen) atoms. The Morgan fingerprint density at radius 1 is 0.862 bits per heavy atom. The lowest BCUT2D eigenvalue weighted by molar-refractivity contribution is 0.193. The van der Waals surface area contributed by atoms with Gasteiger partial charge in [-0.05, 0) is 43.1 Å². The van der Waals surface area contributed by atoms with Gasteiger partial charge in [-0.25, -0.2) is 14.8 Å². The van der Waals surface area contributed by atoms with Crippen molar-refractivity contribution in [2.45, 2.75) is 32.4 Å². The minimum absolute atomic E-state index is 0.00593. The highest BCUT2D eigenvalue weighted by molar-refractivity contribution is 5.74. The van der Waals surface area contributed by atoms with Crippen LogP contribution in [0.1, 0.15) is 30.4 Å². The summed E-state index contributed by atoms with van der Waals surface area (Å²) in [5.74, 6) is 0.735. The van der Waals surface area contributed by atoms with Gasteiger partial charge in [0.2, 0.25) is 5.95 Å². The molecular weight excluding hydrogens is 364 g/mol. The maximum Gasteiger partial charge on any atom is 0.317 e. The average molecular weight is 395 g/mol. The van der Waals surface area contributed by atoms with E-state index in [1.54, 1.807) is 12.4 Å². The fraction of sp³-hybridized carbons (Fsp3) is 0.500. The first kappa shape index (κ1) is 19.6. The Kier molecular flexibility index (Phi) is 6.56. The molecule has 0 radical (unpaired) electrons. The average Bonchev–Trinajstić information content (AvgIpc) is 2.80. The number of hydrogen-bond donors (Lipinski definition) is 1. The lowest BCUT2D eigenvalue weighted by Gasteiger charge is -2.34. The molecule has 0 saturated carbocycles. The molecule has 0 aliphatic carbocycles. The lowest BCUT2D eigenvalue weighted by atomic mass is 10.0. The van der Waals surface area contributed by atoms with Gasteiger partial charge in [0.25, 0.3) is 0 Å². The van der Waals surface area contributed by atoms with Crippen LogP contribution in [0.3, 0.4) is 0 Å². The molecule has 154 valence electrons. The summed E-state index contributed by atoms with van der Waals surface area (Å²) in [4.78, 5) is 27.8. The maximum absolute atomic E-state index is 12.7. The number of aromatic nitrogens is 2. The Labute approximate surface area is 172 Å². The zero-order valence-corrected chi connectivity index (χ0v) is 17.0. The summed E-state index contributed by atoms with van der Waals surface area (Å²) in [5.41, 5.74) is 2.53. The van der Waals surface area contributed by atoms with Crippen LogP contribution < -0.4 is 10.2 Å². The van der Waals surface area contributed by atoms with Gasteiger partial charge in [0.1, 0.15) is 0 Å². The van der Waals surface area contributed by atoms with E-state index in [9.17, 15) is 4.79 Å². The first-order chi connectivity index (χ1) is 14.3. The zero-order chi connectivity index (χ0) is 19.9. The summed E-state index contributed by atoms with van der Waals surface area (Å²) in [6.45, 7) is 6.77. The Morgan fingerprint density at radius 2 is 1.55 bits per heavy atom. The summed E-state index contributed by atoms with van der Waals surface area (Å²) in [7, 11) is 0. The van der Waals surface area contributed by atoms with Crippen molar-refractivity contribution in [3.05, 3.63) is 53.9 Å². The minimum Gasteiger partial charge on any atom is -0.337 e. The van der Waals surface area contributed by atoms with Crippen molar-refractivity contribution in [1.29, 1.82) is 0 Å². The van der Waals surface area contributed by atoms with Crippen LogP contribution in [0.15, 0.2) is 42.7 Å². The maximum atomic E-state index is 12.7. The third kappa shape index (κ3) is 5.23. The number of nitrogens with one attached hydrogen (secondary N) is 1. The van der Waals surface area contributed by atoms with Crippen molar-refractivity contribution in [3.63, 3.8) is 0 Å². The number of amides is 2. The Morgan fingerprint density at radius 3 is 2.28 bits per heavy atom. The molecule has 1 aromatic carbocycles. The van der Waals surface area contributed by atoms with Crippen molar-refractivity contribution < 1.29 is 4.79 Å². The van der Waals surface area contributed by atoms with Crippen molar-refractivity contribution >= 4 is 12.0 Å². The van der Waals surface area contributed by atoms with Gasteiger partial charge in [0.15, 0.2) is 0 Å². The van der Waals surface area contributed by atoms with E-state index in [0.717, 1.165) is 25.6 Å². The van der Waals surface area contributed by atoms with E-state index >= 15 is 0 Å². The molecule has 2 fully saturated rings. The van der Waals surface area contributed by atoms with E-state index in [0.29, 0.717) is 19.6 Å². The van der Waals surface area contributed by atoms with Crippen LogP contribution in [0, 0.1) is 0 Å². The van der Waals surface area contributed by atoms with Gasteiger partial charge in [-0.1, -0.05) is 30.7 Å². The van der Waals surface area contributed by atoms with Gasteiger partial charge >= 0.3 is 6.03 Å². The standard InChI is InChI=1S/C22H30N6O/c29-22(28-15-13-27(14-16-28)21-23-9-6-10-24-21)25-17-19-7-2-3-8-20(19)18-26-11-4-1-5-12-26/h2-3,6-10H,1,4-5,11-18H2,(H,25,29). The number of carbonyl (C=O) groups is 1. The zero-order valence-electron chi connectivity index (χ0n) is 17.0. The van der Waals surface area contributed by atoms with Crippen LogP contribution >= 0.6 is 0 Å². The lowest BCUT2D eigenvalue weighted by Crippen LogP contribution is -2.52. The number of hydrogen-bond acceptors (Lipinski definition) is 5. The number of piperidine rings is 1. The summed E-state index contributed by atoms with van der Waals surface area (Å²) in [6, 6.07) is 10.3. The second-order valence-corrected chi connectivity index (χ2v) is 7.79. The molecule has 2 aliphatic heterocycles. The van der Waals surface area contributed by atoms with Crippen LogP contribution in [-0.4, -0.2) is 65.1 Å². The van der Waals surface area contributed by atoms with Crippen LogP contribution in [-0.2, 0) is 13.1 Å². The fourth-order valence-corrected chi connectivity index (χ4v) is 4.09. The molecule has 2 saturated heterocycles. The molecule has 1 N–H and O–H groups in total. The quantitative estimate of drug-likeness (QED) is 0.844. The van der Waals surface area contributed by atoms with E-state index in [-0.39, 0.29) is 6.03 Å². The summed E-state index contributed by atoms with van der Waals surface area (Å²) in [6.07, 6.45) is 7.43. The summed E-state index contributed by atoms with van der Waals surface area (Å²) < 4.78 is 0. The van der Waals surface area contributed by atoms with Gasteiger partial charge in [-0.3, -0.25) is 4.90 Å². The Bertz CT molecular complexity index is 785. The molecule has 2 amide bonds. The highest BCUT2D eigenvalue weighted by atomic mass is 16.2. The van der Waals surface area contributed by atoms with Gasteiger partial charge in [-0.2, -0.15) is 0 Å². The van der Waals surface area contributed by atoms with Crippen LogP contribution in [0.4, 0.5) is 10.7 Å². The molecule has 7 heteroatoms. The molecule has 0 bridgehead atoms. The van der Waals surface area contributed by atoms with E-state index < -0.39 is 0 Å². The van der Waals surface area contributed by atoms with E-state index in [1.165, 1.54) is 43.5 Å². The first-order valence-electron chi connectivity index (χ1n) is 10.6. The molecule has 0 spiro atoms. The second-order valence-electron chi connectivity index (χ2n) is 7.79. The van der Waals surface area contributed by atoms with Gasteiger partial charge in [-0.15, -0.1) is 0 Å². The summed E-state index contributed by atoms with van der Waals surface area (Å²) >= 11 is 0. The van der Waals surface area contributed by atoms with Gasteiger partial charge in [0.05, 0.1) is 0 Å². The first-order valence-corrected chi connectivity index (χ1v) is 10.6. The van der Waals surface area contributed by atoms with Crippen LogP contribution in [0.25, 0.3) is 0 Å². The Balaban J connectivity index is 1.28. The molecule has 3 heterocycles. The predicted molar refractivity (Wildman–Crippen MR) is 114 cm³/mol. The number of piperazine rings is 1. The van der Waals surface area contributed by atoms with E-state index in [2.05, 4.69) is 49.4 Å². The number of anilines is 1. The number of benzene rings is 1. The van der Waals surface area contributed by atoms with Gasteiger partial charge < -0.3 is 15.1 Å². The molecule has 4 rings (SSSR count). The number of carbonyl (C=O) groups excluding carboxylic acids is 1. The summed E-state index contributed by atoms with van der Waals surface area (Å²) in [5, 5.41) is 3.12. The Hall–Kier alpha value is -2.67. The third-order valence-electron chi connectivity index (χ3n) is 5.79. The highest BCUT2D eigenvalue weighted by Gasteiger charge is 2.22. The molecule has 2 aliphatic rings. The molecule has 7 nitrogen and oxygen atoms in total. The monoisotopic (exact) mass is 394 g/mol. The largest absolute Gasteiger partial charge is 0.337 e. The van der Waals surface area contributed by atoms with Crippen molar-refractivity contribution in [2.75, 3.05) is 44.2 Å². The van der Waals surface area contributed by atoms with Crippen molar-refractivity contribution in [1.82, 2.24) is 25.1 Å².